The predicted octanol–water partition coefficient (Wildman–Crippen LogP) is 7.11. The van der Waals surface area contributed by atoms with Crippen LogP contribution in [0.25, 0.3) is 20.8 Å². The maximum Gasteiger partial charge on any atom is 0.410 e. The Hall–Kier alpha value is -6.25. The lowest BCUT2D eigenvalue weighted by atomic mass is 10.2. The Labute approximate surface area is 294 Å². The van der Waals surface area contributed by atoms with Crippen molar-refractivity contribution in [3.05, 3.63) is 131 Å². The van der Waals surface area contributed by atoms with Gasteiger partial charge in [-0.1, -0.05) is 24.3 Å². The molecular weight excluding hydrogens is 658 g/mol. The van der Waals surface area contributed by atoms with Crippen molar-refractivity contribution in [2.75, 3.05) is 26.2 Å². The second kappa shape index (κ2) is 16.4. The zero-order valence-electron chi connectivity index (χ0n) is 28.2. The van der Waals surface area contributed by atoms with Crippen LogP contribution in [-0.2, 0) is 18.0 Å². The molecule has 0 radical (unpaired) electrons. The summed E-state index contributed by atoms with van der Waals surface area (Å²) in [6.45, 7) is 21.7. The molecule has 14 heteroatoms. The molecule has 2 aliphatic heterocycles. The number of nitrogens with zero attached hydrogens (tertiary/aromatic N) is 7. The van der Waals surface area contributed by atoms with Gasteiger partial charge in [0.15, 0.2) is 46.2 Å². The van der Waals surface area contributed by atoms with E-state index in [1.54, 1.807) is 23.4 Å². The Balaban J connectivity index is 0.000000205. The van der Waals surface area contributed by atoms with Gasteiger partial charge in [0, 0.05) is 32.0 Å². The lowest BCUT2D eigenvalue weighted by Gasteiger charge is -2.24. The Morgan fingerprint density at radius 1 is 0.843 bits per heavy atom. The largest absolute Gasteiger partial charge is 0.483 e. The monoisotopic (exact) mass is 692 g/mol. The number of benzene rings is 2. The standard InChI is InChI=1S/C21H21FN4O3.C16H13FN4O/c1-21(2,3)29-20(27)26-10-8-14(12-26)17-7-9-24-19(25-17)13-28-18-6-5-15(23-4)11-16(18)22;1-18-12-2-3-15(13(17)8-12)22-10-16-20-7-5-14(21-16)11-4-6-19-9-11/h5-9,11H,10,12-13H2,1-3H3;2-5,7-8,19H,6,9-10H2. The van der Waals surface area contributed by atoms with Gasteiger partial charge in [-0.25, -0.2) is 43.2 Å². The first-order valence-corrected chi connectivity index (χ1v) is 15.8. The van der Waals surface area contributed by atoms with Crippen molar-refractivity contribution in [3.63, 3.8) is 0 Å². The fraction of sp³-hybridized carbons (Fsp3) is 0.270. The molecule has 0 saturated carbocycles. The number of nitrogens with one attached hydrogen (secondary N) is 1. The van der Waals surface area contributed by atoms with Crippen LogP contribution in [0.2, 0.25) is 0 Å². The molecule has 260 valence electrons. The van der Waals surface area contributed by atoms with Gasteiger partial charge in [-0.3, -0.25) is 0 Å². The van der Waals surface area contributed by atoms with Gasteiger partial charge in [0.25, 0.3) is 0 Å². The van der Waals surface area contributed by atoms with Crippen molar-refractivity contribution >= 4 is 28.6 Å². The zero-order valence-corrected chi connectivity index (χ0v) is 28.2. The minimum absolute atomic E-state index is 0.0226. The molecule has 0 fully saturated rings. The van der Waals surface area contributed by atoms with Crippen LogP contribution in [0.5, 0.6) is 11.5 Å². The van der Waals surface area contributed by atoms with Gasteiger partial charge in [0.1, 0.15) is 18.8 Å². The first-order valence-electron chi connectivity index (χ1n) is 15.8. The molecule has 51 heavy (non-hydrogen) atoms. The summed E-state index contributed by atoms with van der Waals surface area (Å²) in [5.74, 6) is -0.189. The highest BCUT2D eigenvalue weighted by molar-refractivity contribution is 5.76. The van der Waals surface area contributed by atoms with E-state index in [-0.39, 0.29) is 42.2 Å². The topological polar surface area (TPSA) is 120 Å². The van der Waals surface area contributed by atoms with Gasteiger partial charge < -0.3 is 24.4 Å². The second-order valence-electron chi connectivity index (χ2n) is 12.2. The summed E-state index contributed by atoms with van der Waals surface area (Å²) in [6.07, 6.45) is 6.88. The highest BCUT2D eigenvalue weighted by Gasteiger charge is 2.26. The SMILES string of the molecule is [C-]#[N+]c1ccc(OCc2nccc(C3=CCN(C(=O)OC(C)(C)C)C3)n2)c(F)c1.[C-]#[N+]c1ccc(OCc2nccc(C3=CCNC3)n2)c(F)c1. The fourth-order valence-corrected chi connectivity index (χ4v) is 4.81. The summed E-state index contributed by atoms with van der Waals surface area (Å²) < 4.78 is 43.9. The molecule has 2 aromatic heterocycles. The van der Waals surface area contributed by atoms with Crippen molar-refractivity contribution in [2.45, 2.75) is 39.6 Å². The first kappa shape index (κ1) is 36.0. The normalized spacial score (nSPS) is 13.6. The van der Waals surface area contributed by atoms with Gasteiger partial charge >= 0.3 is 6.09 Å². The number of hydrogen-bond donors (Lipinski definition) is 1. The van der Waals surface area contributed by atoms with Crippen molar-refractivity contribution in [1.29, 1.82) is 0 Å². The third kappa shape index (κ3) is 10.1. The van der Waals surface area contributed by atoms with Gasteiger partial charge in [0.05, 0.1) is 31.1 Å². The number of aromatic nitrogens is 4. The van der Waals surface area contributed by atoms with E-state index in [0.29, 0.717) is 30.4 Å². The Bertz CT molecular complexity index is 2050. The second-order valence-corrected chi connectivity index (χ2v) is 12.2. The van der Waals surface area contributed by atoms with Crippen LogP contribution in [0, 0.1) is 24.8 Å². The molecule has 0 unspecified atom stereocenters. The molecule has 4 heterocycles. The van der Waals surface area contributed by atoms with Crippen LogP contribution < -0.4 is 14.8 Å². The van der Waals surface area contributed by atoms with Crippen LogP contribution in [0.3, 0.4) is 0 Å². The lowest BCUT2D eigenvalue weighted by Crippen LogP contribution is -2.35. The van der Waals surface area contributed by atoms with E-state index >= 15 is 0 Å². The van der Waals surface area contributed by atoms with E-state index in [1.165, 1.54) is 24.3 Å². The summed E-state index contributed by atoms with van der Waals surface area (Å²) >= 11 is 0. The van der Waals surface area contributed by atoms with Crippen molar-refractivity contribution in [2.24, 2.45) is 0 Å². The first-order chi connectivity index (χ1) is 24.5. The Morgan fingerprint density at radius 2 is 1.39 bits per heavy atom. The summed E-state index contributed by atoms with van der Waals surface area (Å²) in [6, 6.07) is 11.7. The van der Waals surface area contributed by atoms with Crippen LogP contribution in [0.1, 0.15) is 43.8 Å². The molecule has 12 nitrogen and oxygen atoms in total. The number of halogens is 2. The summed E-state index contributed by atoms with van der Waals surface area (Å²) in [7, 11) is 0. The summed E-state index contributed by atoms with van der Waals surface area (Å²) in [5.41, 5.74) is 3.42. The minimum atomic E-state index is -0.610. The molecule has 0 spiro atoms. The average Bonchev–Trinajstić information content (AvgIpc) is 3.84. The molecule has 0 atom stereocenters. The molecule has 0 bridgehead atoms. The van der Waals surface area contributed by atoms with Gasteiger partial charge in [-0.2, -0.15) is 0 Å². The molecule has 2 aromatic carbocycles. The number of rotatable bonds is 8. The summed E-state index contributed by atoms with van der Waals surface area (Å²) in [4.78, 5) is 37.3. The number of hydrogen-bond acceptors (Lipinski definition) is 9. The predicted molar refractivity (Wildman–Crippen MR) is 185 cm³/mol. The molecular formula is C37H34F2N8O4. The molecule has 6 rings (SSSR count). The maximum absolute atomic E-state index is 13.9. The van der Waals surface area contributed by atoms with Gasteiger partial charge in [-0.15, -0.1) is 0 Å². The van der Waals surface area contributed by atoms with E-state index in [4.69, 9.17) is 27.4 Å². The fourth-order valence-electron chi connectivity index (χ4n) is 4.81. The number of ether oxygens (including phenoxy) is 3. The van der Waals surface area contributed by atoms with Gasteiger partial charge in [-0.05, 0) is 68.3 Å². The Morgan fingerprint density at radius 3 is 1.86 bits per heavy atom. The minimum Gasteiger partial charge on any atom is -0.483 e. The molecule has 1 N–H and O–H groups in total. The van der Waals surface area contributed by atoms with E-state index < -0.39 is 17.2 Å². The average molecular weight is 693 g/mol. The number of carbonyl (C=O) groups excluding carboxylic acids is 1. The van der Waals surface area contributed by atoms with Crippen LogP contribution in [-0.4, -0.2) is 62.7 Å². The molecule has 0 saturated heterocycles. The van der Waals surface area contributed by atoms with Crippen molar-refractivity contribution in [3.8, 4) is 11.5 Å². The van der Waals surface area contributed by atoms with Crippen molar-refractivity contribution < 1.29 is 27.8 Å². The van der Waals surface area contributed by atoms with Crippen LogP contribution in [0.15, 0.2) is 73.1 Å². The lowest BCUT2D eigenvalue weighted by molar-refractivity contribution is 0.0306. The smallest absolute Gasteiger partial charge is 0.410 e. The van der Waals surface area contributed by atoms with E-state index in [0.717, 1.165) is 42.1 Å². The highest BCUT2D eigenvalue weighted by Crippen LogP contribution is 2.26. The molecule has 4 aromatic rings. The quantitative estimate of drug-likeness (QED) is 0.193. The third-order valence-corrected chi connectivity index (χ3v) is 7.25. The third-order valence-electron chi connectivity index (χ3n) is 7.25. The van der Waals surface area contributed by atoms with E-state index in [2.05, 4.69) is 41.0 Å². The molecule has 1 amide bonds. The highest BCUT2D eigenvalue weighted by atomic mass is 19.1. The van der Waals surface area contributed by atoms with E-state index in [1.807, 2.05) is 32.9 Å². The summed E-state index contributed by atoms with van der Waals surface area (Å²) in [5, 5.41) is 3.21. The van der Waals surface area contributed by atoms with Gasteiger partial charge in [0.2, 0.25) is 0 Å². The Kier molecular flexibility index (Phi) is 11.6. The zero-order chi connectivity index (χ0) is 36.4. The molecule has 0 aliphatic carbocycles. The van der Waals surface area contributed by atoms with Crippen LogP contribution in [0.4, 0.5) is 25.0 Å². The maximum atomic E-state index is 13.9. The van der Waals surface area contributed by atoms with Crippen molar-refractivity contribution in [1.82, 2.24) is 30.2 Å². The molecule has 2 aliphatic rings. The van der Waals surface area contributed by atoms with E-state index in [9.17, 15) is 13.6 Å². The van der Waals surface area contributed by atoms with Crippen LogP contribution >= 0.6 is 0 Å². The number of amides is 1. The number of carbonyl (C=O) groups is 1.